The SMILES string of the molecule is C=C(CC(=O)O)C(=O)O.CC1=NSCC1=O. The Hall–Kier alpha value is -1.63. The van der Waals surface area contributed by atoms with Crippen LogP contribution in [0.2, 0.25) is 0 Å². The van der Waals surface area contributed by atoms with Crippen molar-refractivity contribution in [2.24, 2.45) is 4.40 Å². The summed E-state index contributed by atoms with van der Waals surface area (Å²) in [5.74, 6) is -1.73. The van der Waals surface area contributed by atoms with Crippen LogP contribution >= 0.6 is 11.9 Å². The lowest BCUT2D eigenvalue weighted by atomic mass is 10.2. The van der Waals surface area contributed by atoms with E-state index in [1.54, 1.807) is 6.92 Å². The molecule has 0 aliphatic carbocycles. The highest BCUT2D eigenvalue weighted by Gasteiger charge is 2.11. The molecule has 0 aromatic carbocycles. The molecule has 0 saturated carbocycles. The molecular formula is C9H11NO5S. The number of ketones is 1. The second-order valence-corrected chi connectivity index (χ2v) is 3.58. The van der Waals surface area contributed by atoms with Crippen LogP contribution in [-0.2, 0) is 14.4 Å². The number of carboxylic acids is 2. The average molecular weight is 245 g/mol. The Labute approximate surface area is 96.2 Å². The van der Waals surface area contributed by atoms with Gasteiger partial charge in [0.2, 0.25) is 0 Å². The van der Waals surface area contributed by atoms with Gasteiger partial charge in [0.05, 0.1) is 17.9 Å². The van der Waals surface area contributed by atoms with E-state index in [0.29, 0.717) is 11.5 Å². The van der Waals surface area contributed by atoms with Gasteiger partial charge in [-0.1, -0.05) is 6.58 Å². The molecule has 0 atom stereocenters. The van der Waals surface area contributed by atoms with Crippen LogP contribution in [0.5, 0.6) is 0 Å². The minimum atomic E-state index is -1.27. The maximum absolute atomic E-state index is 10.4. The van der Waals surface area contributed by atoms with Crippen LogP contribution in [0, 0.1) is 0 Å². The third-order valence-electron chi connectivity index (χ3n) is 1.47. The molecule has 88 valence electrons. The van der Waals surface area contributed by atoms with Crippen molar-refractivity contribution in [2.45, 2.75) is 13.3 Å². The lowest BCUT2D eigenvalue weighted by Gasteiger charge is -1.91. The second-order valence-electron chi connectivity index (χ2n) is 2.85. The van der Waals surface area contributed by atoms with E-state index in [1.165, 1.54) is 11.9 Å². The maximum atomic E-state index is 10.4. The number of carbonyl (C=O) groups excluding carboxylic acids is 1. The molecule has 7 heteroatoms. The van der Waals surface area contributed by atoms with Crippen LogP contribution < -0.4 is 0 Å². The van der Waals surface area contributed by atoms with Crippen molar-refractivity contribution in [2.75, 3.05) is 5.75 Å². The van der Waals surface area contributed by atoms with Crippen molar-refractivity contribution in [1.82, 2.24) is 0 Å². The first kappa shape index (κ1) is 14.4. The number of aliphatic carboxylic acids is 2. The van der Waals surface area contributed by atoms with E-state index >= 15 is 0 Å². The van der Waals surface area contributed by atoms with E-state index in [0.717, 1.165) is 0 Å². The van der Waals surface area contributed by atoms with Gasteiger partial charge in [-0.3, -0.25) is 9.59 Å². The van der Waals surface area contributed by atoms with Crippen LogP contribution in [0.25, 0.3) is 0 Å². The Bertz CT molecular complexity index is 361. The Morgan fingerprint density at radius 1 is 1.50 bits per heavy atom. The fourth-order valence-electron chi connectivity index (χ4n) is 0.601. The molecule has 0 unspecified atom stereocenters. The van der Waals surface area contributed by atoms with Crippen LogP contribution in [0.1, 0.15) is 13.3 Å². The smallest absolute Gasteiger partial charge is 0.331 e. The Morgan fingerprint density at radius 2 is 2.06 bits per heavy atom. The fraction of sp³-hybridized carbons (Fsp3) is 0.333. The van der Waals surface area contributed by atoms with Crippen molar-refractivity contribution < 1.29 is 24.6 Å². The summed E-state index contributed by atoms with van der Waals surface area (Å²) in [4.78, 5) is 30.1. The van der Waals surface area contributed by atoms with Crippen molar-refractivity contribution in [3.8, 4) is 0 Å². The van der Waals surface area contributed by atoms with E-state index < -0.39 is 18.4 Å². The number of Topliss-reactive ketones (excluding diaryl/α,β-unsaturated/α-hetero) is 1. The highest BCUT2D eigenvalue weighted by atomic mass is 32.2. The molecule has 1 aliphatic rings. The normalized spacial score (nSPS) is 13.6. The van der Waals surface area contributed by atoms with Crippen LogP contribution in [0.3, 0.4) is 0 Å². The number of hydrogen-bond acceptors (Lipinski definition) is 5. The molecule has 0 fully saturated rings. The zero-order chi connectivity index (χ0) is 12.7. The zero-order valence-electron chi connectivity index (χ0n) is 8.60. The summed E-state index contributed by atoms with van der Waals surface area (Å²) in [5, 5.41) is 16.1. The molecule has 0 saturated heterocycles. The minimum Gasteiger partial charge on any atom is -0.481 e. The predicted molar refractivity (Wildman–Crippen MR) is 59.6 cm³/mol. The van der Waals surface area contributed by atoms with Crippen molar-refractivity contribution in [1.29, 1.82) is 0 Å². The van der Waals surface area contributed by atoms with Gasteiger partial charge in [-0.05, 0) is 18.9 Å². The third kappa shape index (κ3) is 5.97. The molecule has 0 aromatic heterocycles. The van der Waals surface area contributed by atoms with Crippen molar-refractivity contribution in [3.05, 3.63) is 12.2 Å². The first-order valence-corrected chi connectivity index (χ1v) is 5.11. The quantitative estimate of drug-likeness (QED) is 0.562. The lowest BCUT2D eigenvalue weighted by Crippen LogP contribution is -2.04. The maximum Gasteiger partial charge on any atom is 0.331 e. The van der Waals surface area contributed by atoms with Gasteiger partial charge >= 0.3 is 11.9 Å². The zero-order valence-corrected chi connectivity index (χ0v) is 9.41. The highest BCUT2D eigenvalue weighted by molar-refractivity contribution is 7.99. The number of nitrogens with zero attached hydrogens (tertiary/aromatic N) is 1. The largest absolute Gasteiger partial charge is 0.481 e. The molecule has 0 bridgehead atoms. The number of carboxylic acid groups (broad SMARTS) is 2. The van der Waals surface area contributed by atoms with Crippen LogP contribution in [-0.4, -0.2) is 39.4 Å². The van der Waals surface area contributed by atoms with E-state index in [-0.39, 0.29) is 11.4 Å². The Balaban J connectivity index is 0.000000288. The topological polar surface area (TPSA) is 104 Å². The predicted octanol–water partition coefficient (Wildman–Crippen LogP) is 0.780. The van der Waals surface area contributed by atoms with Crippen molar-refractivity contribution >= 4 is 35.4 Å². The van der Waals surface area contributed by atoms with Gasteiger partial charge in [0.1, 0.15) is 0 Å². The first-order chi connectivity index (χ1) is 7.34. The summed E-state index contributed by atoms with van der Waals surface area (Å²) in [6.45, 7) is 4.75. The number of rotatable bonds is 3. The van der Waals surface area contributed by atoms with Gasteiger partial charge in [-0.2, -0.15) is 0 Å². The van der Waals surface area contributed by atoms with Gasteiger partial charge < -0.3 is 10.2 Å². The van der Waals surface area contributed by atoms with Gasteiger partial charge in [-0.15, -0.1) is 0 Å². The van der Waals surface area contributed by atoms with Crippen molar-refractivity contribution in [3.63, 3.8) is 0 Å². The lowest BCUT2D eigenvalue weighted by molar-refractivity contribution is -0.139. The average Bonchev–Trinajstić information content (AvgIpc) is 2.51. The molecular weight excluding hydrogens is 234 g/mol. The molecule has 1 rings (SSSR count). The summed E-state index contributed by atoms with van der Waals surface area (Å²) in [6.07, 6.45) is -0.505. The first-order valence-electron chi connectivity index (χ1n) is 4.17. The monoisotopic (exact) mass is 245 g/mol. The summed E-state index contributed by atoms with van der Waals surface area (Å²) < 4.78 is 3.80. The van der Waals surface area contributed by atoms with E-state index in [4.69, 9.17) is 10.2 Å². The minimum absolute atomic E-state index is 0.171. The standard InChI is InChI=1S/C5H6O4.C4H5NOS/c1-3(5(8)9)2-4(6)7;1-3-4(6)2-7-5-3/h1-2H2,(H,6,7)(H,8,9);2H2,1H3. The summed E-state index contributed by atoms with van der Waals surface area (Å²) >= 11 is 1.33. The molecule has 6 nitrogen and oxygen atoms in total. The second kappa shape index (κ2) is 6.78. The summed E-state index contributed by atoms with van der Waals surface area (Å²) in [7, 11) is 0. The highest BCUT2D eigenvalue weighted by Crippen LogP contribution is 2.10. The summed E-state index contributed by atoms with van der Waals surface area (Å²) in [5.41, 5.74) is 0.354. The van der Waals surface area contributed by atoms with Gasteiger partial charge in [0.15, 0.2) is 5.78 Å². The summed E-state index contributed by atoms with van der Waals surface area (Å²) in [6, 6.07) is 0. The number of carbonyl (C=O) groups is 3. The number of hydrogen-bond donors (Lipinski definition) is 2. The molecule has 0 spiro atoms. The van der Waals surface area contributed by atoms with Gasteiger partial charge in [0.25, 0.3) is 0 Å². The van der Waals surface area contributed by atoms with E-state index in [2.05, 4.69) is 11.0 Å². The molecule has 2 N–H and O–H groups in total. The Morgan fingerprint density at radius 3 is 2.19 bits per heavy atom. The van der Waals surface area contributed by atoms with E-state index in [1.807, 2.05) is 0 Å². The van der Waals surface area contributed by atoms with Crippen LogP contribution in [0.4, 0.5) is 0 Å². The molecule has 0 aromatic rings. The Kier molecular flexibility index (Phi) is 6.09. The molecule has 0 radical (unpaired) electrons. The van der Waals surface area contributed by atoms with E-state index in [9.17, 15) is 14.4 Å². The molecule has 0 amide bonds. The fourth-order valence-corrected chi connectivity index (χ4v) is 1.29. The molecule has 16 heavy (non-hydrogen) atoms. The molecule has 1 aliphatic heterocycles. The van der Waals surface area contributed by atoms with Crippen LogP contribution in [0.15, 0.2) is 16.5 Å². The van der Waals surface area contributed by atoms with Gasteiger partial charge in [-0.25, -0.2) is 9.19 Å². The third-order valence-corrected chi connectivity index (χ3v) is 2.26. The van der Waals surface area contributed by atoms with Gasteiger partial charge in [0, 0.05) is 5.57 Å². The molecule has 1 heterocycles.